The highest BCUT2D eigenvalue weighted by Gasteiger charge is 2.12. The molecule has 0 bridgehead atoms. The van der Waals surface area contributed by atoms with Crippen LogP contribution in [0.4, 0.5) is 15.8 Å². The van der Waals surface area contributed by atoms with Gasteiger partial charge >= 0.3 is 0 Å². The fourth-order valence-electron chi connectivity index (χ4n) is 3.14. The maximum atomic E-state index is 13.4. The first-order valence-electron chi connectivity index (χ1n) is 10.3. The second kappa shape index (κ2) is 10.9. The molecule has 7 heteroatoms. The van der Waals surface area contributed by atoms with E-state index in [0.717, 1.165) is 16.9 Å². The second-order valence-corrected chi connectivity index (χ2v) is 7.26. The number of hydrogen-bond donors (Lipinski definition) is 3. The monoisotopic (exact) mass is 435 g/mol. The Balaban J connectivity index is 1.54. The summed E-state index contributed by atoms with van der Waals surface area (Å²) in [5.74, 6) is -0.207. The fourth-order valence-corrected chi connectivity index (χ4v) is 3.14. The van der Waals surface area contributed by atoms with Crippen LogP contribution >= 0.6 is 0 Å². The quantitative estimate of drug-likeness (QED) is 0.471. The molecule has 3 aromatic carbocycles. The van der Waals surface area contributed by atoms with Crippen LogP contribution in [0.25, 0.3) is 0 Å². The van der Waals surface area contributed by atoms with E-state index in [9.17, 15) is 14.0 Å². The lowest BCUT2D eigenvalue weighted by molar-refractivity contribution is -0.114. The van der Waals surface area contributed by atoms with E-state index >= 15 is 0 Å². The van der Waals surface area contributed by atoms with Crippen LogP contribution in [0.5, 0.6) is 5.75 Å². The Morgan fingerprint density at radius 1 is 0.969 bits per heavy atom. The van der Waals surface area contributed by atoms with Crippen molar-refractivity contribution in [2.45, 2.75) is 13.3 Å². The van der Waals surface area contributed by atoms with Crippen LogP contribution in [0, 0.1) is 12.7 Å². The van der Waals surface area contributed by atoms with Crippen LogP contribution in [-0.4, -0.2) is 32.0 Å². The lowest BCUT2D eigenvalue weighted by Gasteiger charge is -2.13. The Hall–Kier alpha value is -3.87. The lowest BCUT2D eigenvalue weighted by atomic mass is 10.1. The molecule has 0 spiro atoms. The molecular weight excluding hydrogens is 409 g/mol. The average Bonchev–Trinajstić information content (AvgIpc) is 2.80. The molecule has 2 amide bonds. The van der Waals surface area contributed by atoms with Gasteiger partial charge in [0.2, 0.25) is 5.91 Å². The second-order valence-electron chi connectivity index (χ2n) is 7.26. The highest BCUT2D eigenvalue weighted by Crippen LogP contribution is 2.17. The molecule has 0 aliphatic carbocycles. The van der Waals surface area contributed by atoms with E-state index in [2.05, 4.69) is 16.0 Å². The molecule has 0 aliphatic heterocycles. The summed E-state index contributed by atoms with van der Waals surface area (Å²) in [6, 6.07) is 18.9. The summed E-state index contributed by atoms with van der Waals surface area (Å²) in [6.45, 7) is 2.19. The van der Waals surface area contributed by atoms with Crippen molar-refractivity contribution in [1.29, 1.82) is 0 Å². The van der Waals surface area contributed by atoms with Gasteiger partial charge in [0.05, 0.1) is 19.2 Å². The van der Waals surface area contributed by atoms with E-state index in [0.29, 0.717) is 29.9 Å². The molecule has 166 valence electrons. The van der Waals surface area contributed by atoms with Crippen molar-refractivity contribution in [3.63, 3.8) is 0 Å². The van der Waals surface area contributed by atoms with Gasteiger partial charge in [-0.1, -0.05) is 30.3 Å². The SMILES string of the molecule is COc1ccc(CCNC(=O)c2ccccc2NCC(=O)Nc2cc(F)ccc2C)cc1. The maximum Gasteiger partial charge on any atom is 0.253 e. The number of amides is 2. The highest BCUT2D eigenvalue weighted by atomic mass is 19.1. The van der Waals surface area contributed by atoms with E-state index in [1.54, 1.807) is 44.4 Å². The predicted molar refractivity (Wildman–Crippen MR) is 124 cm³/mol. The van der Waals surface area contributed by atoms with Crippen LogP contribution < -0.4 is 20.7 Å². The topological polar surface area (TPSA) is 79.5 Å². The van der Waals surface area contributed by atoms with Crippen molar-refractivity contribution in [3.05, 3.63) is 89.2 Å². The minimum absolute atomic E-state index is 0.0634. The molecule has 32 heavy (non-hydrogen) atoms. The first-order valence-corrected chi connectivity index (χ1v) is 10.3. The fraction of sp³-hybridized carbons (Fsp3) is 0.200. The van der Waals surface area contributed by atoms with E-state index in [4.69, 9.17) is 4.74 Å². The summed E-state index contributed by atoms with van der Waals surface area (Å²) in [7, 11) is 1.62. The third-order valence-corrected chi connectivity index (χ3v) is 4.94. The van der Waals surface area contributed by atoms with Crippen molar-refractivity contribution in [3.8, 4) is 5.75 Å². The van der Waals surface area contributed by atoms with Crippen LogP contribution in [0.15, 0.2) is 66.7 Å². The van der Waals surface area contributed by atoms with E-state index < -0.39 is 5.82 Å². The summed E-state index contributed by atoms with van der Waals surface area (Å²) in [5.41, 5.74) is 3.25. The number of carbonyl (C=O) groups is 2. The van der Waals surface area contributed by atoms with Gasteiger partial charge in [-0.3, -0.25) is 9.59 Å². The zero-order valence-corrected chi connectivity index (χ0v) is 18.1. The Morgan fingerprint density at radius 2 is 1.72 bits per heavy atom. The molecule has 0 fully saturated rings. The number of anilines is 2. The number of halogens is 1. The molecule has 0 saturated carbocycles. The molecular formula is C25H26FN3O3. The standard InChI is InChI=1S/C25H26FN3O3/c1-17-7-10-19(26)15-23(17)29-24(30)16-28-22-6-4-3-5-21(22)25(31)27-14-13-18-8-11-20(32-2)12-9-18/h3-12,15,28H,13-14,16H2,1-2H3,(H,27,31)(H,29,30). The minimum atomic E-state index is -0.421. The van der Waals surface area contributed by atoms with Crippen molar-refractivity contribution in [2.24, 2.45) is 0 Å². The van der Waals surface area contributed by atoms with E-state index in [-0.39, 0.29) is 18.4 Å². The molecule has 0 saturated heterocycles. The number of ether oxygens (including phenoxy) is 1. The van der Waals surface area contributed by atoms with Crippen molar-refractivity contribution in [2.75, 3.05) is 30.8 Å². The zero-order valence-electron chi connectivity index (χ0n) is 18.1. The minimum Gasteiger partial charge on any atom is -0.497 e. The number of methoxy groups -OCH3 is 1. The Labute approximate surface area is 186 Å². The van der Waals surface area contributed by atoms with Crippen LogP contribution in [0.2, 0.25) is 0 Å². The molecule has 0 aromatic heterocycles. The zero-order chi connectivity index (χ0) is 22.9. The van der Waals surface area contributed by atoms with Gasteiger partial charge < -0.3 is 20.7 Å². The molecule has 0 heterocycles. The van der Waals surface area contributed by atoms with Gasteiger partial charge in [-0.15, -0.1) is 0 Å². The van der Waals surface area contributed by atoms with E-state index in [1.165, 1.54) is 12.1 Å². The summed E-state index contributed by atoms with van der Waals surface area (Å²) in [6.07, 6.45) is 0.681. The maximum absolute atomic E-state index is 13.4. The number of benzene rings is 3. The Kier molecular flexibility index (Phi) is 7.80. The number of hydrogen-bond acceptors (Lipinski definition) is 4. The summed E-state index contributed by atoms with van der Waals surface area (Å²) in [4.78, 5) is 25.0. The molecule has 0 atom stereocenters. The predicted octanol–water partition coefficient (Wildman–Crippen LogP) is 4.17. The summed E-state index contributed by atoms with van der Waals surface area (Å²) < 4.78 is 18.6. The van der Waals surface area contributed by atoms with Crippen molar-refractivity contribution in [1.82, 2.24) is 5.32 Å². The summed E-state index contributed by atoms with van der Waals surface area (Å²) in [5, 5.41) is 8.57. The largest absolute Gasteiger partial charge is 0.497 e. The van der Waals surface area contributed by atoms with Gasteiger partial charge in [0, 0.05) is 17.9 Å². The molecule has 6 nitrogen and oxygen atoms in total. The molecule has 3 N–H and O–H groups in total. The Bertz CT molecular complexity index is 1080. The Morgan fingerprint density at radius 3 is 2.47 bits per heavy atom. The van der Waals surface area contributed by atoms with E-state index in [1.807, 2.05) is 24.3 Å². The normalized spacial score (nSPS) is 10.3. The number of rotatable bonds is 9. The van der Waals surface area contributed by atoms with Crippen LogP contribution in [0.3, 0.4) is 0 Å². The van der Waals surface area contributed by atoms with Crippen molar-refractivity contribution >= 4 is 23.2 Å². The first kappa shape index (κ1) is 22.8. The molecule has 3 rings (SSSR count). The molecule has 0 radical (unpaired) electrons. The molecule has 0 unspecified atom stereocenters. The molecule has 0 aliphatic rings. The van der Waals surface area contributed by atoms with Gasteiger partial charge in [-0.05, 0) is 60.9 Å². The number of carbonyl (C=O) groups excluding carboxylic acids is 2. The smallest absolute Gasteiger partial charge is 0.253 e. The van der Waals surface area contributed by atoms with Gasteiger partial charge in [0.15, 0.2) is 0 Å². The third-order valence-electron chi connectivity index (χ3n) is 4.94. The lowest BCUT2D eigenvalue weighted by Crippen LogP contribution is -2.28. The summed E-state index contributed by atoms with van der Waals surface area (Å²) >= 11 is 0. The average molecular weight is 435 g/mol. The highest BCUT2D eigenvalue weighted by molar-refractivity contribution is 6.01. The van der Waals surface area contributed by atoms with Gasteiger partial charge in [0.1, 0.15) is 11.6 Å². The number of para-hydroxylation sites is 1. The van der Waals surface area contributed by atoms with Crippen molar-refractivity contribution < 1.29 is 18.7 Å². The van der Waals surface area contributed by atoms with Crippen LogP contribution in [-0.2, 0) is 11.2 Å². The molecule has 3 aromatic rings. The third kappa shape index (κ3) is 6.31. The first-order chi connectivity index (χ1) is 15.5. The van der Waals surface area contributed by atoms with Gasteiger partial charge in [-0.25, -0.2) is 4.39 Å². The number of aryl methyl sites for hydroxylation is 1. The van der Waals surface area contributed by atoms with Gasteiger partial charge in [-0.2, -0.15) is 0 Å². The van der Waals surface area contributed by atoms with Gasteiger partial charge in [0.25, 0.3) is 5.91 Å². The number of nitrogens with one attached hydrogen (secondary N) is 3. The van der Waals surface area contributed by atoms with Crippen LogP contribution in [0.1, 0.15) is 21.5 Å².